The summed E-state index contributed by atoms with van der Waals surface area (Å²) in [5.74, 6) is -1.94. The molecule has 1 aliphatic carbocycles. The van der Waals surface area contributed by atoms with Gasteiger partial charge in [-0.05, 0) is 43.2 Å². The Morgan fingerprint density at radius 1 is 1.25 bits per heavy atom. The van der Waals surface area contributed by atoms with Gasteiger partial charge in [0.15, 0.2) is 0 Å². The van der Waals surface area contributed by atoms with Gasteiger partial charge in [-0.15, -0.1) is 0 Å². The van der Waals surface area contributed by atoms with Crippen LogP contribution in [0.3, 0.4) is 0 Å². The third kappa shape index (κ3) is 3.02. The van der Waals surface area contributed by atoms with E-state index in [9.17, 15) is 19.2 Å². The van der Waals surface area contributed by atoms with Crippen LogP contribution in [0.1, 0.15) is 58.9 Å². The maximum Gasteiger partial charge on any atom is 0.262 e. The molecular weight excluding hydrogens is 360 g/mol. The summed E-state index contributed by atoms with van der Waals surface area (Å²) in [4.78, 5) is 50.4. The number of hydrogen-bond donors (Lipinski definition) is 3. The lowest BCUT2D eigenvalue weighted by atomic mass is 9.98. The molecule has 1 saturated heterocycles. The number of benzene rings is 1. The molecule has 2 unspecified atom stereocenters. The fourth-order valence-corrected chi connectivity index (χ4v) is 4.13. The van der Waals surface area contributed by atoms with Crippen molar-refractivity contribution in [3.8, 4) is 0 Å². The standard InChI is InChI=1S/C20H24N4O4/c1-11(21)20(7-8-20)10-22-9-12-3-2-4-13-16(12)19(28)24(18(13)27)14-5-6-15(25)23-17(14)26/h2-4,11,14,22H,5-10,21H2,1H3,(H,23,25,26). The average molecular weight is 384 g/mol. The lowest BCUT2D eigenvalue weighted by molar-refractivity contribution is -0.136. The van der Waals surface area contributed by atoms with Crippen LogP contribution in [-0.2, 0) is 16.1 Å². The summed E-state index contributed by atoms with van der Waals surface area (Å²) in [5.41, 5.74) is 7.56. The van der Waals surface area contributed by atoms with Gasteiger partial charge in [0.1, 0.15) is 6.04 Å². The topological polar surface area (TPSA) is 122 Å². The smallest absolute Gasteiger partial charge is 0.262 e. The molecule has 0 bridgehead atoms. The highest BCUT2D eigenvalue weighted by molar-refractivity contribution is 6.24. The molecule has 4 amide bonds. The number of hydrogen-bond acceptors (Lipinski definition) is 6. The molecule has 8 heteroatoms. The third-order valence-electron chi connectivity index (χ3n) is 6.21. The monoisotopic (exact) mass is 384 g/mol. The van der Waals surface area contributed by atoms with Crippen LogP contribution in [0.2, 0.25) is 0 Å². The molecule has 0 aromatic heterocycles. The molecule has 2 atom stereocenters. The minimum atomic E-state index is -0.946. The van der Waals surface area contributed by atoms with Crippen molar-refractivity contribution in [3.05, 3.63) is 34.9 Å². The Morgan fingerprint density at radius 2 is 2.00 bits per heavy atom. The minimum absolute atomic E-state index is 0.104. The first-order valence-electron chi connectivity index (χ1n) is 9.64. The molecule has 2 fully saturated rings. The van der Waals surface area contributed by atoms with E-state index in [4.69, 9.17) is 5.73 Å². The van der Waals surface area contributed by atoms with E-state index in [1.54, 1.807) is 12.1 Å². The van der Waals surface area contributed by atoms with Crippen molar-refractivity contribution in [2.24, 2.45) is 11.1 Å². The van der Waals surface area contributed by atoms with Crippen LogP contribution in [0.4, 0.5) is 0 Å². The van der Waals surface area contributed by atoms with Crippen LogP contribution in [0.15, 0.2) is 18.2 Å². The number of amides is 4. The Hall–Kier alpha value is -2.58. The van der Waals surface area contributed by atoms with Crippen molar-refractivity contribution in [2.45, 2.75) is 51.2 Å². The molecule has 3 aliphatic rings. The molecular formula is C20H24N4O4. The van der Waals surface area contributed by atoms with Crippen molar-refractivity contribution < 1.29 is 19.2 Å². The quantitative estimate of drug-likeness (QED) is 0.607. The second-order valence-corrected chi connectivity index (χ2v) is 8.04. The van der Waals surface area contributed by atoms with E-state index in [0.717, 1.165) is 29.8 Å². The van der Waals surface area contributed by atoms with Crippen LogP contribution in [0.25, 0.3) is 0 Å². The number of imide groups is 2. The molecule has 1 aromatic carbocycles. The summed E-state index contributed by atoms with van der Waals surface area (Å²) < 4.78 is 0. The Bertz CT molecular complexity index is 875. The molecule has 2 aliphatic heterocycles. The Morgan fingerprint density at radius 3 is 2.64 bits per heavy atom. The fraction of sp³-hybridized carbons (Fsp3) is 0.500. The highest BCUT2D eigenvalue weighted by Gasteiger charge is 2.46. The molecule has 2 heterocycles. The van der Waals surface area contributed by atoms with Gasteiger partial charge in [0.2, 0.25) is 11.8 Å². The Labute approximate surface area is 162 Å². The van der Waals surface area contributed by atoms with E-state index < -0.39 is 23.8 Å². The zero-order valence-electron chi connectivity index (χ0n) is 15.8. The van der Waals surface area contributed by atoms with Crippen LogP contribution in [0.5, 0.6) is 0 Å². The second kappa shape index (κ2) is 6.79. The van der Waals surface area contributed by atoms with Gasteiger partial charge in [0, 0.05) is 25.6 Å². The Balaban J connectivity index is 1.53. The summed E-state index contributed by atoms with van der Waals surface area (Å²) in [6, 6.07) is 4.32. The summed E-state index contributed by atoms with van der Waals surface area (Å²) in [6.45, 7) is 3.21. The molecule has 1 saturated carbocycles. The molecule has 4 N–H and O–H groups in total. The van der Waals surface area contributed by atoms with Gasteiger partial charge in [-0.1, -0.05) is 12.1 Å². The summed E-state index contributed by atoms with van der Waals surface area (Å²) in [5, 5.41) is 5.58. The molecule has 0 radical (unpaired) electrons. The minimum Gasteiger partial charge on any atom is -0.327 e. The predicted octanol–water partition coefficient (Wildman–Crippen LogP) is 0.305. The number of fused-ring (bicyclic) bond motifs is 1. The zero-order valence-corrected chi connectivity index (χ0v) is 15.8. The zero-order chi connectivity index (χ0) is 20.1. The van der Waals surface area contributed by atoms with Gasteiger partial charge < -0.3 is 11.1 Å². The average Bonchev–Trinajstić information content (AvgIpc) is 3.39. The van der Waals surface area contributed by atoms with Gasteiger partial charge in [-0.3, -0.25) is 29.4 Å². The summed E-state index contributed by atoms with van der Waals surface area (Å²) in [6.07, 6.45) is 2.44. The SMILES string of the molecule is CC(N)C1(CNCc2cccc3c2C(=O)N(C2CCC(=O)NC2=O)C3=O)CC1. The van der Waals surface area contributed by atoms with E-state index in [2.05, 4.69) is 10.6 Å². The normalized spacial score (nSPS) is 24.2. The fourth-order valence-electron chi connectivity index (χ4n) is 4.13. The van der Waals surface area contributed by atoms with Crippen molar-refractivity contribution >= 4 is 23.6 Å². The number of rotatable bonds is 6. The molecule has 148 valence electrons. The Kier molecular flexibility index (Phi) is 4.55. The van der Waals surface area contributed by atoms with Crippen molar-refractivity contribution in [2.75, 3.05) is 6.54 Å². The first-order valence-corrected chi connectivity index (χ1v) is 9.64. The maximum absolute atomic E-state index is 13.0. The summed E-state index contributed by atoms with van der Waals surface area (Å²) >= 11 is 0. The lowest BCUT2D eigenvalue weighted by Crippen LogP contribution is -2.54. The van der Waals surface area contributed by atoms with E-state index in [1.165, 1.54) is 0 Å². The highest BCUT2D eigenvalue weighted by atomic mass is 16.2. The molecule has 0 spiro atoms. The molecule has 4 rings (SSSR count). The van der Waals surface area contributed by atoms with Crippen LogP contribution in [-0.4, -0.2) is 47.2 Å². The largest absolute Gasteiger partial charge is 0.327 e. The van der Waals surface area contributed by atoms with E-state index in [-0.39, 0.29) is 30.2 Å². The van der Waals surface area contributed by atoms with Crippen molar-refractivity contribution in [1.29, 1.82) is 0 Å². The van der Waals surface area contributed by atoms with E-state index in [0.29, 0.717) is 17.7 Å². The van der Waals surface area contributed by atoms with Gasteiger partial charge in [-0.2, -0.15) is 0 Å². The van der Waals surface area contributed by atoms with Crippen molar-refractivity contribution in [1.82, 2.24) is 15.5 Å². The van der Waals surface area contributed by atoms with Gasteiger partial charge in [-0.25, -0.2) is 0 Å². The van der Waals surface area contributed by atoms with Gasteiger partial charge in [0.05, 0.1) is 11.1 Å². The van der Waals surface area contributed by atoms with Crippen LogP contribution < -0.4 is 16.4 Å². The van der Waals surface area contributed by atoms with E-state index >= 15 is 0 Å². The highest BCUT2D eigenvalue weighted by Crippen LogP contribution is 2.47. The number of carbonyl (C=O) groups is 4. The second-order valence-electron chi connectivity index (χ2n) is 8.04. The third-order valence-corrected chi connectivity index (χ3v) is 6.21. The molecule has 8 nitrogen and oxygen atoms in total. The predicted molar refractivity (Wildman–Crippen MR) is 100 cm³/mol. The molecule has 28 heavy (non-hydrogen) atoms. The lowest BCUT2D eigenvalue weighted by Gasteiger charge is -2.27. The number of nitrogens with zero attached hydrogens (tertiary/aromatic N) is 1. The van der Waals surface area contributed by atoms with Gasteiger partial charge in [0.25, 0.3) is 11.8 Å². The van der Waals surface area contributed by atoms with Crippen LogP contribution >= 0.6 is 0 Å². The maximum atomic E-state index is 13.0. The number of nitrogens with two attached hydrogens (primary N) is 1. The van der Waals surface area contributed by atoms with Gasteiger partial charge >= 0.3 is 0 Å². The van der Waals surface area contributed by atoms with Crippen molar-refractivity contribution in [3.63, 3.8) is 0 Å². The number of carbonyl (C=O) groups excluding carboxylic acids is 4. The molecule has 1 aromatic rings. The first kappa shape index (κ1) is 18.8. The number of piperidine rings is 1. The van der Waals surface area contributed by atoms with E-state index in [1.807, 2.05) is 13.0 Å². The first-order chi connectivity index (χ1) is 13.3. The number of nitrogens with one attached hydrogen (secondary N) is 2. The summed E-state index contributed by atoms with van der Waals surface area (Å²) in [7, 11) is 0. The van der Waals surface area contributed by atoms with Crippen LogP contribution in [0, 0.1) is 5.41 Å².